The summed E-state index contributed by atoms with van der Waals surface area (Å²) < 4.78 is 0. The van der Waals surface area contributed by atoms with Crippen LogP contribution < -0.4 is 16.8 Å². The van der Waals surface area contributed by atoms with Crippen LogP contribution in [0.4, 0.5) is 0 Å². The number of Topliss-reactive ketones (excluding diaryl/α,β-unsaturated/α-hetero) is 1. The quantitative estimate of drug-likeness (QED) is 0.145. The maximum atomic E-state index is 13.1. The Hall–Kier alpha value is -2.50. The Bertz CT molecular complexity index is 670. The van der Waals surface area contributed by atoms with Crippen LogP contribution in [0, 0.1) is 5.92 Å². The number of carbonyl (C=O) groups excluding carboxylic acids is 3. The largest absolute Gasteiger partial charge is 0.511 e. The lowest BCUT2D eigenvalue weighted by atomic mass is 9.94. The SMILES string of the molecule is C=C(O)C1CCCN1C(=O)C(CCCCN)NC(=O)C(CC(=O)O)CC(=O)C(N)CO. The number of carboxylic acid groups (broad SMARTS) is 1. The van der Waals surface area contributed by atoms with Gasteiger partial charge < -0.3 is 37.0 Å². The van der Waals surface area contributed by atoms with Crippen molar-refractivity contribution in [2.45, 2.75) is 63.1 Å². The number of nitrogens with two attached hydrogens (primary N) is 2. The van der Waals surface area contributed by atoms with Gasteiger partial charge in [-0.05, 0) is 38.6 Å². The lowest BCUT2D eigenvalue weighted by molar-refractivity contribution is -0.143. The fraction of sp³-hybridized carbons (Fsp3) is 0.700. The van der Waals surface area contributed by atoms with E-state index in [-0.39, 0.29) is 12.2 Å². The van der Waals surface area contributed by atoms with Gasteiger partial charge in [0, 0.05) is 13.0 Å². The van der Waals surface area contributed by atoms with Crippen LogP contribution in [-0.2, 0) is 19.2 Å². The van der Waals surface area contributed by atoms with Crippen molar-refractivity contribution in [3.05, 3.63) is 12.3 Å². The lowest BCUT2D eigenvalue weighted by Gasteiger charge is -2.29. The third kappa shape index (κ3) is 8.27. The van der Waals surface area contributed by atoms with Gasteiger partial charge in [0.25, 0.3) is 0 Å². The van der Waals surface area contributed by atoms with Crippen LogP contribution >= 0.6 is 0 Å². The van der Waals surface area contributed by atoms with E-state index in [0.29, 0.717) is 38.8 Å². The number of aliphatic hydroxyl groups is 2. The molecule has 0 saturated carbocycles. The highest BCUT2D eigenvalue weighted by Crippen LogP contribution is 2.23. The minimum absolute atomic E-state index is 0.134. The molecule has 1 aliphatic rings. The van der Waals surface area contributed by atoms with Crippen molar-refractivity contribution >= 4 is 23.6 Å². The Labute approximate surface area is 181 Å². The molecule has 1 rings (SSSR count). The second-order valence-corrected chi connectivity index (χ2v) is 7.78. The van der Waals surface area contributed by atoms with Crippen molar-refractivity contribution in [1.82, 2.24) is 10.2 Å². The fourth-order valence-corrected chi connectivity index (χ4v) is 3.58. The maximum absolute atomic E-state index is 13.1. The second kappa shape index (κ2) is 13.0. The van der Waals surface area contributed by atoms with Crippen LogP contribution in [0.3, 0.4) is 0 Å². The first-order valence-corrected chi connectivity index (χ1v) is 10.4. The summed E-state index contributed by atoms with van der Waals surface area (Å²) >= 11 is 0. The number of carboxylic acids is 1. The van der Waals surface area contributed by atoms with Gasteiger partial charge in [0.1, 0.15) is 11.8 Å². The van der Waals surface area contributed by atoms with E-state index in [9.17, 15) is 24.3 Å². The maximum Gasteiger partial charge on any atom is 0.304 e. The Morgan fingerprint density at radius 2 is 1.84 bits per heavy atom. The van der Waals surface area contributed by atoms with Gasteiger partial charge >= 0.3 is 5.97 Å². The molecule has 31 heavy (non-hydrogen) atoms. The van der Waals surface area contributed by atoms with Crippen LogP contribution in [0.2, 0.25) is 0 Å². The molecule has 0 aromatic heterocycles. The average Bonchev–Trinajstić information content (AvgIpc) is 3.21. The minimum atomic E-state index is -1.28. The minimum Gasteiger partial charge on any atom is -0.511 e. The Balaban J connectivity index is 2.99. The topological polar surface area (TPSA) is 196 Å². The van der Waals surface area contributed by atoms with Gasteiger partial charge in [0.15, 0.2) is 5.78 Å². The van der Waals surface area contributed by atoms with E-state index < -0.39 is 67.1 Å². The number of carbonyl (C=O) groups is 4. The predicted octanol–water partition coefficient (Wildman–Crippen LogP) is -0.967. The Morgan fingerprint density at radius 1 is 1.16 bits per heavy atom. The second-order valence-electron chi connectivity index (χ2n) is 7.78. The summed E-state index contributed by atoms with van der Waals surface area (Å²) in [7, 11) is 0. The molecule has 11 heteroatoms. The first-order valence-electron chi connectivity index (χ1n) is 10.4. The number of aliphatic carboxylic acids is 1. The van der Waals surface area contributed by atoms with Crippen LogP contribution in [0.15, 0.2) is 12.3 Å². The van der Waals surface area contributed by atoms with Gasteiger partial charge in [-0.15, -0.1) is 0 Å². The molecule has 4 unspecified atom stereocenters. The number of unbranched alkanes of at least 4 members (excludes halogenated alkanes) is 1. The van der Waals surface area contributed by atoms with Crippen LogP contribution in [0.25, 0.3) is 0 Å². The summed E-state index contributed by atoms with van der Waals surface area (Å²) in [5.74, 6) is -4.47. The first kappa shape index (κ1) is 26.5. The number of ketones is 1. The molecule has 2 amide bonds. The predicted molar refractivity (Wildman–Crippen MR) is 112 cm³/mol. The number of nitrogens with one attached hydrogen (secondary N) is 1. The molecule has 4 atom stereocenters. The molecule has 1 fully saturated rings. The normalized spacial score (nSPS) is 18.8. The summed E-state index contributed by atoms with van der Waals surface area (Å²) in [6, 6.07) is -2.72. The third-order valence-corrected chi connectivity index (χ3v) is 5.33. The molecule has 0 aromatic carbocycles. The molecule has 0 aliphatic carbocycles. The van der Waals surface area contributed by atoms with Gasteiger partial charge in [-0.3, -0.25) is 19.2 Å². The van der Waals surface area contributed by atoms with Gasteiger partial charge in [0.05, 0.1) is 31.0 Å². The van der Waals surface area contributed by atoms with E-state index in [1.165, 1.54) is 4.90 Å². The summed E-state index contributed by atoms with van der Waals surface area (Å²) in [6.45, 7) is 3.69. The Kier molecular flexibility index (Phi) is 11.2. The summed E-state index contributed by atoms with van der Waals surface area (Å²) in [5, 5.41) is 30.5. The smallest absolute Gasteiger partial charge is 0.304 e. The molecule has 0 bridgehead atoms. The highest BCUT2D eigenvalue weighted by molar-refractivity contribution is 5.94. The highest BCUT2D eigenvalue weighted by atomic mass is 16.4. The highest BCUT2D eigenvalue weighted by Gasteiger charge is 2.36. The number of likely N-dealkylation sites (tertiary alicyclic amines) is 1. The molecular weight excluding hydrogens is 408 g/mol. The van der Waals surface area contributed by atoms with Crippen LogP contribution in [0.5, 0.6) is 0 Å². The molecule has 11 nitrogen and oxygen atoms in total. The molecule has 0 aromatic rings. The van der Waals surface area contributed by atoms with Crippen molar-refractivity contribution in [3.8, 4) is 0 Å². The van der Waals surface area contributed by atoms with Crippen molar-refractivity contribution in [2.24, 2.45) is 17.4 Å². The number of hydrogen-bond acceptors (Lipinski definition) is 8. The van der Waals surface area contributed by atoms with E-state index in [2.05, 4.69) is 11.9 Å². The molecule has 1 saturated heterocycles. The summed E-state index contributed by atoms with van der Waals surface area (Å²) in [4.78, 5) is 50.6. The number of nitrogens with zero attached hydrogens (tertiary/aromatic N) is 1. The molecular formula is C20H34N4O7. The van der Waals surface area contributed by atoms with Crippen molar-refractivity contribution in [2.75, 3.05) is 19.7 Å². The molecule has 8 N–H and O–H groups in total. The molecule has 1 heterocycles. The van der Waals surface area contributed by atoms with E-state index in [1.807, 2.05) is 0 Å². The molecule has 176 valence electrons. The molecule has 0 radical (unpaired) electrons. The lowest BCUT2D eigenvalue weighted by Crippen LogP contribution is -2.52. The van der Waals surface area contributed by atoms with E-state index in [0.717, 1.165) is 0 Å². The summed E-state index contributed by atoms with van der Waals surface area (Å²) in [6.07, 6.45) is 1.57. The number of aliphatic hydroxyl groups excluding tert-OH is 2. The zero-order chi connectivity index (χ0) is 23.6. The number of rotatable bonds is 14. The van der Waals surface area contributed by atoms with Gasteiger partial charge in [-0.1, -0.05) is 6.58 Å². The van der Waals surface area contributed by atoms with Crippen molar-refractivity contribution in [1.29, 1.82) is 0 Å². The van der Waals surface area contributed by atoms with Crippen LogP contribution in [-0.4, -0.2) is 81.6 Å². The third-order valence-electron chi connectivity index (χ3n) is 5.33. The van der Waals surface area contributed by atoms with Crippen molar-refractivity contribution < 1.29 is 34.5 Å². The monoisotopic (exact) mass is 442 g/mol. The van der Waals surface area contributed by atoms with Crippen molar-refractivity contribution in [3.63, 3.8) is 0 Å². The fourth-order valence-electron chi connectivity index (χ4n) is 3.58. The summed E-state index contributed by atoms with van der Waals surface area (Å²) in [5.41, 5.74) is 11.0. The molecule has 1 aliphatic heterocycles. The molecule has 0 spiro atoms. The number of amides is 2. The Morgan fingerprint density at radius 3 is 2.39 bits per heavy atom. The van der Waals surface area contributed by atoms with Crippen LogP contribution in [0.1, 0.15) is 44.9 Å². The van der Waals surface area contributed by atoms with E-state index in [1.54, 1.807) is 0 Å². The zero-order valence-electron chi connectivity index (χ0n) is 17.7. The van der Waals surface area contributed by atoms with E-state index in [4.69, 9.17) is 21.7 Å². The average molecular weight is 443 g/mol. The van der Waals surface area contributed by atoms with E-state index >= 15 is 0 Å². The van der Waals surface area contributed by atoms with Gasteiger partial charge in [-0.25, -0.2) is 0 Å². The zero-order valence-corrected chi connectivity index (χ0v) is 17.7. The number of hydrogen-bond donors (Lipinski definition) is 6. The standard InChI is InChI=1S/C20H34N4O7/c1-12(26)16-6-4-8-24(16)20(31)15(5-2-3-7-21)23-19(30)13(10-18(28)29)9-17(27)14(22)11-25/h13-16,25-26H,1-11,21-22H2,(H,23,30)(H,28,29). The van der Waals surface area contributed by atoms with Gasteiger partial charge in [0.2, 0.25) is 11.8 Å². The van der Waals surface area contributed by atoms with Gasteiger partial charge in [-0.2, -0.15) is 0 Å². The first-order chi connectivity index (χ1) is 14.6.